The van der Waals surface area contributed by atoms with Crippen molar-refractivity contribution >= 4 is 21.8 Å². The number of aryl methyl sites for hydroxylation is 1. The second kappa shape index (κ2) is 8.48. The third-order valence-corrected chi connectivity index (χ3v) is 5.30. The quantitative estimate of drug-likeness (QED) is 0.634. The summed E-state index contributed by atoms with van der Waals surface area (Å²) in [6, 6.07) is 14.1. The highest BCUT2D eigenvalue weighted by Gasteiger charge is 2.16. The third kappa shape index (κ3) is 4.63. The molecule has 140 valence electrons. The van der Waals surface area contributed by atoms with E-state index < -0.39 is 0 Å². The van der Waals surface area contributed by atoms with E-state index in [2.05, 4.69) is 26.3 Å². The van der Waals surface area contributed by atoms with Gasteiger partial charge in [-0.15, -0.1) is 0 Å². The number of benzene rings is 2. The van der Waals surface area contributed by atoms with Crippen molar-refractivity contribution in [1.29, 1.82) is 0 Å². The molecule has 27 heavy (non-hydrogen) atoms. The minimum absolute atomic E-state index is 0.0353. The van der Waals surface area contributed by atoms with Crippen molar-refractivity contribution in [2.45, 2.75) is 26.7 Å². The Bertz CT molecular complexity index is 951. The first-order valence-electron chi connectivity index (χ1n) is 8.77. The summed E-state index contributed by atoms with van der Waals surface area (Å²) >= 11 is 3.52. The van der Waals surface area contributed by atoms with Crippen molar-refractivity contribution in [3.63, 3.8) is 0 Å². The molecule has 0 radical (unpaired) electrons. The lowest BCUT2D eigenvalue weighted by molar-refractivity contribution is -0.120. The first kappa shape index (κ1) is 19.3. The van der Waals surface area contributed by atoms with E-state index in [1.807, 2.05) is 38.1 Å². The highest BCUT2D eigenvalue weighted by molar-refractivity contribution is 9.10. The number of amides is 1. The van der Waals surface area contributed by atoms with E-state index in [4.69, 9.17) is 0 Å². The summed E-state index contributed by atoms with van der Waals surface area (Å²) in [5.74, 6) is -0.322. The van der Waals surface area contributed by atoms with Crippen LogP contribution in [0.1, 0.15) is 22.5 Å². The largest absolute Gasteiger partial charge is 0.355 e. The predicted molar refractivity (Wildman–Crippen MR) is 108 cm³/mol. The molecule has 0 atom stereocenters. The van der Waals surface area contributed by atoms with E-state index in [0.29, 0.717) is 6.54 Å². The van der Waals surface area contributed by atoms with E-state index in [1.54, 1.807) is 16.8 Å². The maximum absolute atomic E-state index is 13.1. The van der Waals surface area contributed by atoms with Crippen LogP contribution in [0.3, 0.4) is 0 Å². The normalized spacial score (nSPS) is 10.8. The van der Waals surface area contributed by atoms with Crippen molar-refractivity contribution < 1.29 is 9.18 Å². The lowest BCUT2D eigenvalue weighted by Crippen LogP contribution is -2.27. The van der Waals surface area contributed by atoms with Gasteiger partial charge in [-0.05, 0) is 56.2 Å². The van der Waals surface area contributed by atoms with Gasteiger partial charge >= 0.3 is 0 Å². The van der Waals surface area contributed by atoms with E-state index in [-0.39, 0.29) is 18.1 Å². The Labute approximate surface area is 166 Å². The fourth-order valence-electron chi connectivity index (χ4n) is 3.03. The molecule has 1 heterocycles. The molecule has 1 amide bonds. The van der Waals surface area contributed by atoms with Crippen molar-refractivity contribution in [2.24, 2.45) is 0 Å². The smallest absolute Gasteiger partial charge is 0.224 e. The van der Waals surface area contributed by atoms with Gasteiger partial charge in [0.15, 0.2) is 0 Å². The van der Waals surface area contributed by atoms with Crippen molar-refractivity contribution in [3.05, 3.63) is 81.3 Å². The highest BCUT2D eigenvalue weighted by atomic mass is 79.9. The average Bonchev–Trinajstić information content (AvgIpc) is 2.92. The summed E-state index contributed by atoms with van der Waals surface area (Å²) in [5, 5.41) is 7.48. The molecule has 6 heteroatoms. The van der Waals surface area contributed by atoms with Gasteiger partial charge in [0.25, 0.3) is 0 Å². The molecule has 0 unspecified atom stereocenters. The summed E-state index contributed by atoms with van der Waals surface area (Å²) in [7, 11) is 0. The molecular weight excluding hydrogens is 409 g/mol. The van der Waals surface area contributed by atoms with Crippen LogP contribution in [0, 0.1) is 19.7 Å². The lowest BCUT2D eigenvalue weighted by Gasteiger charge is -2.08. The van der Waals surface area contributed by atoms with Gasteiger partial charge in [0.1, 0.15) is 5.82 Å². The molecule has 0 fully saturated rings. The number of aromatic nitrogens is 2. The maximum atomic E-state index is 13.1. The zero-order valence-corrected chi connectivity index (χ0v) is 16.9. The topological polar surface area (TPSA) is 46.9 Å². The Kier molecular flexibility index (Phi) is 6.06. The van der Waals surface area contributed by atoms with Crippen molar-refractivity contribution in [1.82, 2.24) is 15.1 Å². The number of hydrogen-bond donors (Lipinski definition) is 1. The fourth-order valence-corrected chi connectivity index (χ4v) is 3.51. The summed E-state index contributed by atoms with van der Waals surface area (Å²) in [6.45, 7) is 4.38. The van der Waals surface area contributed by atoms with Gasteiger partial charge in [0.2, 0.25) is 5.91 Å². The molecule has 0 saturated heterocycles. The lowest BCUT2D eigenvalue weighted by atomic mass is 10.1. The number of halogens is 2. The molecule has 0 saturated carbocycles. The fraction of sp³-hybridized carbons (Fsp3) is 0.238. The van der Waals surface area contributed by atoms with E-state index in [9.17, 15) is 9.18 Å². The van der Waals surface area contributed by atoms with Gasteiger partial charge in [-0.3, -0.25) is 4.79 Å². The van der Waals surface area contributed by atoms with Crippen molar-refractivity contribution in [3.8, 4) is 5.69 Å². The highest BCUT2D eigenvalue weighted by Crippen LogP contribution is 2.19. The Morgan fingerprint density at radius 3 is 2.56 bits per heavy atom. The Morgan fingerprint density at radius 1 is 1.15 bits per heavy atom. The van der Waals surface area contributed by atoms with Crippen LogP contribution in [0.4, 0.5) is 4.39 Å². The maximum Gasteiger partial charge on any atom is 0.224 e. The van der Waals surface area contributed by atoms with Crippen LogP contribution < -0.4 is 5.32 Å². The van der Waals surface area contributed by atoms with Gasteiger partial charge in [0, 0.05) is 22.3 Å². The van der Waals surface area contributed by atoms with Gasteiger partial charge < -0.3 is 5.32 Å². The van der Waals surface area contributed by atoms with Crippen LogP contribution in [0.2, 0.25) is 0 Å². The van der Waals surface area contributed by atoms with Crippen LogP contribution in [0.25, 0.3) is 5.69 Å². The molecule has 0 aliphatic heterocycles. The predicted octanol–water partition coefficient (Wildman–Crippen LogP) is 4.29. The summed E-state index contributed by atoms with van der Waals surface area (Å²) < 4.78 is 15.9. The van der Waals surface area contributed by atoms with Crippen LogP contribution >= 0.6 is 15.9 Å². The number of nitrogens with one attached hydrogen (secondary N) is 1. The van der Waals surface area contributed by atoms with Crippen LogP contribution in [0.15, 0.2) is 53.0 Å². The van der Waals surface area contributed by atoms with Gasteiger partial charge in [-0.1, -0.05) is 34.1 Å². The van der Waals surface area contributed by atoms with Crippen molar-refractivity contribution in [2.75, 3.05) is 6.54 Å². The van der Waals surface area contributed by atoms with Crippen LogP contribution in [-0.2, 0) is 17.6 Å². The molecule has 1 aromatic heterocycles. The monoisotopic (exact) mass is 429 g/mol. The van der Waals surface area contributed by atoms with E-state index in [1.165, 1.54) is 12.1 Å². The van der Waals surface area contributed by atoms with Crippen LogP contribution in [-0.4, -0.2) is 22.2 Å². The Balaban J connectivity index is 1.64. The van der Waals surface area contributed by atoms with Gasteiger partial charge in [-0.25, -0.2) is 9.07 Å². The molecule has 0 aliphatic carbocycles. The molecule has 0 spiro atoms. The van der Waals surface area contributed by atoms with Gasteiger partial charge in [0.05, 0.1) is 17.8 Å². The second-order valence-corrected chi connectivity index (χ2v) is 7.26. The Hall–Kier alpha value is -2.47. The number of carbonyl (C=O) groups is 1. The number of rotatable bonds is 6. The molecule has 3 rings (SSSR count). The number of hydrogen-bond acceptors (Lipinski definition) is 2. The minimum Gasteiger partial charge on any atom is -0.355 e. The zero-order chi connectivity index (χ0) is 19.4. The SMILES string of the molecule is Cc1nn(-c2ccc(F)cc2)c(C)c1CC(=O)NCCc1ccccc1Br. The number of nitrogens with zero attached hydrogens (tertiary/aromatic N) is 2. The average molecular weight is 430 g/mol. The van der Waals surface area contributed by atoms with Gasteiger partial charge in [-0.2, -0.15) is 5.10 Å². The summed E-state index contributed by atoms with van der Waals surface area (Å²) in [5.41, 5.74) is 4.53. The molecule has 0 bridgehead atoms. The molecule has 4 nitrogen and oxygen atoms in total. The van der Waals surface area contributed by atoms with Crippen LogP contribution in [0.5, 0.6) is 0 Å². The second-order valence-electron chi connectivity index (χ2n) is 6.41. The summed E-state index contributed by atoms with van der Waals surface area (Å²) in [6.07, 6.45) is 1.04. The molecule has 0 aliphatic rings. The number of carbonyl (C=O) groups excluding carboxylic acids is 1. The zero-order valence-electron chi connectivity index (χ0n) is 15.3. The molecule has 2 aromatic carbocycles. The first-order valence-corrected chi connectivity index (χ1v) is 9.56. The standard InChI is InChI=1S/C21H21BrFN3O/c1-14-19(15(2)26(25-14)18-9-7-17(23)8-10-18)13-21(27)24-12-11-16-5-3-4-6-20(16)22/h3-10H,11-13H2,1-2H3,(H,24,27). The van der Waals surface area contributed by atoms with E-state index >= 15 is 0 Å². The van der Waals surface area contributed by atoms with E-state index in [0.717, 1.165) is 39.1 Å². The third-order valence-electron chi connectivity index (χ3n) is 4.52. The molecule has 1 N–H and O–H groups in total. The summed E-state index contributed by atoms with van der Waals surface area (Å²) in [4.78, 5) is 12.4. The Morgan fingerprint density at radius 2 is 1.85 bits per heavy atom. The molecule has 3 aromatic rings. The molecular formula is C21H21BrFN3O. The first-order chi connectivity index (χ1) is 13.0. The minimum atomic E-state index is -0.287.